The van der Waals surface area contributed by atoms with Crippen molar-refractivity contribution in [3.8, 4) is 5.75 Å². The van der Waals surface area contributed by atoms with Crippen LogP contribution >= 0.6 is 11.6 Å². The fourth-order valence-electron chi connectivity index (χ4n) is 3.72. The number of benzene rings is 3. The van der Waals surface area contributed by atoms with Gasteiger partial charge in [-0.1, -0.05) is 54.4 Å². The Morgan fingerprint density at radius 3 is 2.09 bits per heavy atom. The third kappa shape index (κ3) is 5.32. The zero-order valence-corrected chi connectivity index (χ0v) is 20.9. The van der Waals surface area contributed by atoms with Gasteiger partial charge in [-0.25, -0.2) is 8.42 Å². The van der Waals surface area contributed by atoms with Crippen LogP contribution in [0.2, 0.25) is 5.02 Å². The molecule has 0 saturated heterocycles. The van der Waals surface area contributed by atoms with Crippen LogP contribution in [0.25, 0.3) is 0 Å². The molecule has 0 aliphatic rings. The SMILES string of the molecule is CCC(C(=O)Nc1cc(O)c(C(=O)c2ccc(C)cc2)cc1Cl)S(=O)(=O)c1cc(C)cc(C)c1. The van der Waals surface area contributed by atoms with Crippen molar-refractivity contribution < 1.29 is 23.1 Å². The Morgan fingerprint density at radius 2 is 1.53 bits per heavy atom. The van der Waals surface area contributed by atoms with Crippen molar-refractivity contribution >= 4 is 38.8 Å². The zero-order chi connectivity index (χ0) is 25.2. The van der Waals surface area contributed by atoms with Gasteiger partial charge in [0.25, 0.3) is 0 Å². The van der Waals surface area contributed by atoms with E-state index in [1.54, 1.807) is 45.0 Å². The molecule has 3 rings (SSSR count). The number of nitrogens with one attached hydrogen (secondary N) is 1. The zero-order valence-electron chi connectivity index (χ0n) is 19.3. The van der Waals surface area contributed by atoms with Crippen molar-refractivity contribution in [1.82, 2.24) is 0 Å². The van der Waals surface area contributed by atoms with E-state index in [-0.39, 0.29) is 33.3 Å². The van der Waals surface area contributed by atoms with Crippen LogP contribution in [-0.4, -0.2) is 30.5 Å². The number of hydrogen-bond acceptors (Lipinski definition) is 5. The molecule has 0 bridgehead atoms. The first-order valence-corrected chi connectivity index (χ1v) is 12.6. The van der Waals surface area contributed by atoms with Gasteiger partial charge in [0, 0.05) is 11.6 Å². The summed E-state index contributed by atoms with van der Waals surface area (Å²) < 4.78 is 26.4. The number of hydrogen-bond donors (Lipinski definition) is 2. The summed E-state index contributed by atoms with van der Waals surface area (Å²) in [7, 11) is -3.97. The molecule has 1 atom stereocenters. The first-order valence-electron chi connectivity index (χ1n) is 10.7. The van der Waals surface area contributed by atoms with E-state index >= 15 is 0 Å². The smallest absolute Gasteiger partial charge is 0.243 e. The summed E-state index contributed by atoms with van der Waals surface area (Å²) in [5.41, 5.74) is 2.89. The molecule has 0 radical (unpaired) electrons. The molecule has 1 amide bonds. The van der Waals surface area contributed by atoms with E-state index in [0.29, 0.717) is 5.56 Å². The highest BCUT2D eigenvalue weighted by molar-refractivity contribution is 7.92. The largest absolute Gasteiger partial charge is 0.507 e. The van der Waals surface area contributed by atoms with E-state index in [0.717, 1.165) is 22.8 Å². The molecule has 1 unspecified atom stereocenters. The van der Waals surface area contributed by atoms with Gasteiger partial charge in [0.1, 0.15) is 11.0 Å². The van der Waals surface area contributed by atoms with Crippen LogP contribution in [0.4, 0.5) is 5.69 Å². The van der Waals surface area contributed by atoms with Crippen molar-refractivity contribution in [3.05, 3.63) is 87.4 Å². The first-order chi connectivity index (χ1) is 15.9. The van der Waals surface area contributed by atoms with Crippen molar-refractivity contribution in [1.29, 1.82) is 0 Å². The Balaban J connectivity index is 1.89. The average molecular weight is 500 g/mol. The molecule has 0 spiro atoms. The Hall–Kier alpha value is -3.16. The maximum absolute atomic E-state index is 13.2. The van der Waals surface area contributed by atoms with Gasteiger partial charge < -0.3 is 10.4 Å². The molecule has 6 nitrogen and oxygen atoms in total. The van der Waals surface area contributed by atoms with Crippen LogP contribution in [0.15, 0.2) is 59.5 Å². The number of halogens is 1. The minimum absolute atomic E-state index is 0.000243. The van der Waals surface area contributed by atoms with Crippen molar-refractivity contribution in [2.24, 2.45) is 0 Å². The second kappa shape index (κ2) is 9.99. The Morgan fingerprint density at radius 1 is 0.941 bits per heavy atom. The van der Waals surface area contributed by atoms with Crippen LogP contribution in [0.3, 0.4) is 0 Å². The monoisotopic (exact) mass is 499 g/mol. The summed E-state index contributed by atoms with van der Waals surface area (Å²) >= 11 is 6.30. The Labute approximate surface area is 204 Å². The minimum Gasteiger partial charge on any atom is -0.507 e. The van der Waals surface area contributed by atoms with Gasteiger partial charge in [0.05, 0.1) is 21.2 Å². The number of rotatable bonds is 7. The fourth-order valence-corrected chi connectivity index (χ4v) is 5.74. The van der Waals surface area contributed by atoms with Gasteiger partial charge in [0.2, 0.25) is 5.91 Å². The maximum atomic E-state index is 13.2. The van der Waals surface area contributed by atoms with E-state index in [1.807, 2.05) is 13.0 Å². The van der Waals surface area contributed by atoms with Crippen LogP contribution < -0.4 is 5.32 Å². The Kier molecular flexibility index (Phi) is 7.48. The second-order valence-electron chi connectivity index (χ2n) is 8.30. The molecule has 0 fully saturated rings. The molecule has 0 aliphatic heterocycles. The molecule has 3 aromatic rings. The number of carbonyl (C=O) groups is 2. The number of ketones is 1. The average Bonchev–Trinajstić information content (AvgIpc) is 2.75. The summed E-state index contributed by atoms with van der Waals surface area (Å²) in [6.45, 7) is 7.07. The molecule has 3 aromatic carbocycles. The molecule has 8 heteroatoms. The summed E-state index contributed by atoms with van der Waals surface area (Å²) in [6.07, 6.45) is 0.0365. The van der Waals surface area contributed by atoms with Crippen molar-refractivity contribution in [2.75, 3.05) is 5.32 Å². The van der Waals surface area contributed by atoms with Gasteiger partial charge in [0.15, 0.2) is 15.6 Å². The summed E-state index contributed by atoms with van der Waals surface area (Å²) in [4.78, 5) is 25.8. The molecular weight excluding hydrogens is 474 g/mol. The fraction of sp³-hybridized carbons (Fsp3) is 0.231. The molecule has 0 aliphatic carbocycles. The molecule has 178 valence electrons. The molecule has 0 heterocycles. The van der Waals surface area contributed by atoms with Crippen LogP contribution in [0, 0.1) is 20.8 Å². The third-order valence-electron chi connectivity index (χ3n) is 5.46. The van der Waals surface area contributed by atoms with E-state index in [4.69, 9.17) is 11.6 Å². The number of phenolic OH excluding ortho intramolecular Hbond substituents is 1. The number of aryl methyl sites for hydroxylation is 3. The normalized spacial score (nSPS) is 12.3. The van der Waals surface area contributed by atoms with E-state index in [9.17, 15) is 23.1 Å². The topological polar surface area (TPSA) is 101 Å². The van der Waals surface area contributed by atoms with E-state index in [1.165, 1.54) is 18.2 Å². The second-order valence-corrected chi connectivity index (χ2v) is 10.8. The lowest BCUT2D eigenvalue weighted by Gasteiger charge is -2.18. The number of phenols is 1. The molecular formula is C26H26ClNO5S. The molecule has 0 saturated carbocycles. The van der Waals surface area contributed by atoms with Crippen LogP contribution in [0.5, 0.6) is 5.75 Å². The van der Waals surface area contributed by atoms with Crippen LogP contribution in [-0.2, 0) is 14.6 Å². The van der Waals surface area contributed by atoms with Gasteiger partial charge in [-0.05, 0) is 56.5 Å². The van der Waals surface area contributed by atoms with Gasteiger partial charge >= 0.3 is 0 Å². The molecule has 0 aromatic heterocycles. The van der Waals surface area contributed by atoms with Crippen LogP contribution in [0.1, 0.15) is 46.0 Å². The molecule has 34 heavy (non-hydrogen) atoms. The molecule has 2 N–H and O–H groups in total. The summed E-state index contributed by atoms with van der Waals surface area (Å²) in [5, 5.41) is 11.6. The number of sulfone groups is 1. The minimum atomic E-state index is -3.97. The third-order valence-corrected chi connectivity index (χ3v) is 7.97. The van der Waals surface area contributed by atoms with Gasteiger partial charge in [-0.15, -0.1) is 0 Å². The number of anilines is 1. The quantitative estimate of drug-likeness (QED) is 0.424. The highest BCUT2D eigenvalue weighted by Gasteiger charge is 2.33. The predicted octanol–water partition coefficient (Wildman–Crippen LogP) is 5.39. The summed E-state index contributed by atoms with van der Waals surface area (Å²) in [5.74, 6) is -1.59. The van der Waals surface area contributed by atoms with Crippen molar-refractivity contribution in [3.63, 3.8) is 0 Å². The highest BCUT2D eigenvalue weighted by atomic mass is 35.5. The highest BCUT2D eigenvalue weighted by Crippen LogP contribution is 2.32. The first kappa shape index (κ1) is 25.5. The summed E-state index contributed by atoms with van der Waals surface area (Å²) in [6, 6.07) is 14.2. The van der Waals surface area contributed by atoms with E-state index < -0.39 is 26.8 Å². The number of amides is 1. The van der Waals surface area contributed by atoms with Gasteiger partial charge in [-0.2, -0.15) is 0 Å². The lowest BCUT2D eigenvalue weighted by Crippen LogP contribution is -2.35. The predicted molar refractivity (Wildman–Crippen MR) is 134 cm³/mol. The lowest BCUT2D eigenvalue weighted by atomic mass is 10.0. The lowest BCUT2D eigenvalue weighted by molar-refractivity contribution is -0.115. The maximum Gasteiger partial charge on any atom is 0.243 e. The number of carbonyl (C=O) groups excluding carboxylic acids is 2. The standard InChI is InChI=1S/C26H26ClNO5S/c1-5-24(34(32,33)19-11-16(3)10-17(4)12-19)26(31)28-22-14-23(29)20(13-21(22)27)25(30)18-8-6-15(2)7-9-18/h6-14,24,29H,5H2,1-4H3,(H,28,31). The Bertz CT molecular complexity index is 1340. The van der Waals surface area contributed by atoms with Crippen molar-refractivity contribution in [2.45, 2.75) is 44.3 Å². The van der Waals surface area contributed by atoms with Gasteiger partial charge in [-0.3, -0.25) is 9.59 Å². The van der Waals surface area contributed by atoms with E-state index in [2.05, 4.69) is 5.32 Å². The number of aromatic hydroxyl groups is 1.